The first-order valence-electron chi connectivity index (χ1n) is 9.38. The minimum absolute atomic E-state index is 0.393. The first-order chi connectivity index (χ1) is 13.7. The third kappa shape index (κ3) is 2.97. The Bertz CT molecular complexity index is 1120. The number of fused-ring (bicyclic) bond motifs is 2. The summed E-state index contributed by atoms with van der Waals surface area (Å²) >= 11 is 1.91. The molecule has 4 nitrogen and oxygen atoms in total. The summed E-state index contributed by atoms with van der Waals surface area (Å²) in [6, 6.07) is 17.7. The van der Waals surface area contributed by atoms with Gasteiger partial charge < -0.3 is 9.64 Å². The van der Waals surface area contributed by atoms with Crippen LogP contribution in [0.25, 0.3) is 21.3 Å². The monoisotopic (exact) mass is 387 g/mol. The molecule has 0 amide bonds. The van der Waals surface area contributed by atoms with Crippen LogP contribution in [0.15, 0.2) is 60.9 Å². The second-order valence-corrected chi connectivity index (χ2v) is 8.38. The summed E-state index contributed by atoms with van der Waals surface area (Å²) in [6.45, 7) is 1.97. The Morgan fingerprint density at radius 1 is 1.07 bits per heavy atom. The molecule has 5 rings (SSSR count). The number of methoxy groups -OCH3 is 1. The van der Waals surface area contributed by atoms with Gasteiger partial charge in [0.1, 0.15) is 5.69 Å². The van der Waals surface area contributed by atoms with E-state index in [0.29, 0.717) is 11.8 Å². The van der Waals surface area contributed by atoms with Gasteiger partial charge in [-0.1, -0.05) is 30.3 Å². The molecule has 2 aromatic carbocycles. The van der Waals surface area contributed by atoms with Crippen molar-refractivity contribution in [3.63, 3.8) is 0 Å². The lowest BCUT2D eigenvalue weighted by atomic mass is 9.87. The highest BCUT2D eigenvalue weighted by molar-refractivity contribution is 7.19. The number of nitrogens with zero attached hydrogens (tertiary/aromatic N) is 3. The molecule has 1 aliphatic heterocycles. The van der Waals surface area contributed by atoms with Gasteiger partial charge in [0.2, 0.25) is 5.88 Å². The molecule has 140 valence electrons. The van der Waals surface area contributed by atoms with Crippen LogP contribution in [0.5, 0.6) is 5.88 Å². The zero-order chi connectivity index (χ0) is 19.1. The van der Waals surface area contributed by atoms with E-state index in [1.54, 1.807) is 19.5 Å². The van der Waals surface area contributed by atoms with E-state index in [9.17, 15) is 0 Å². The molecular weight excluding hydrogens is 366 g/mol. The summed E-state index contributed by atoms with van der Waals surface area (Å²) in [7, 11) is 3.83. The lowest BCUT2D eigenvalue weighted by molar-refractivity contribution is 0.296. The molecule has 1 atom stereocenters. The summed E-state index contributed by atoms with van der Waals surface area (Å²) in [4.78, 5) is 12.6. The summed E-state index contributed by atoms with van der Waals surface area (Å²) in [5, 5.41) is 1.33. The van der Waals surface area contributed by atoms with Gasteiger partial charge in [-0.25, -0.2) is 9.97 Å². The first kappa shape index (κ1) is 17.3. The highest BCUT2D eigenvalue weighted by atomic mass is 32.1. The maximum Gasteiger partial charge on any atom is 0.240 e. The molecule has 5 heteroatoms. The van der Waals surface area contributed by atoms with Gasteiger partial charge in [-0.05, 0) is 41.8 Å². The van der Waals surface area contributed by atoms with E-state index >= 15 is 0 Å². The quantitative estimate of drug-likeness (QED) is 0.499. The summed E-state index contributed by atoms with van der Waals surface area (Å²) in [5.74, 6) is 0.955. The van der Waals surface area contributed by atoms with Crippen LogP contribution in [0.4, 0.5) is 0 Å². The van der Waals surface area contributed by atoms with E-state index in [-0.39, 0.29) is 0 Å². The Balaban J connectivity index is 1.59. The third-order valence-electron chi connectivity index (χ3n) is 5.37. The molecule has 0 saturated carbocycles. The third-order valence-corrected chi connectivity index (χ3v) is 6.60. The van der Waals surface area contributed by atoms with Crippen LogP contribution in [0.2, 0.25) is 0 Å². The molecule has 0 N–H and O–H groups in total. The van der Waals surface area contributed by atoms with Crippen molar-refractivity contribution in [1.82, 2.24) is 14.9 Å². The average molecular weight is 388 g/mol. The lowest BCUT2D eigenvalue weighted by Crippen LogP contribution is -2.30. The van der Waals surface area contributed by atoms with Gasteiger partial charge in [-0.2, -0.15) is 0 Å². The molecule has 0 radical (unpaired) electrons. The van der Waals surface area contributed by atoms with Crippen molar-refractivity contribution < 1.29 is 4.74 Å². The summed E-state index contributed by atoms with van der Waals surface area (Å²) in [6.07, 6.45) is 3.37. The number of rotatable bonds is 3. The van der Waals surface area contributed by atoms with Gasteiger partial charge in [0.05, 0.1) is 7.11 Å². The Morgan fingerprint density at radius 3 is 2.79 bits per heavy atom. The van der Waals surface area contributed by atoms with Crippen LogP contribution in [-0.4, -0.2) is 35.6 Å². The fraction of sp³-hybridized carbons (Fsp3) is 0.217. The number of hydrogen-bond donors (Lipinski definition) is 0. The van der Waals surface area contributed by atoms with Crippen LogP contribution in [0, 0.1) is 0 Å². The highest BCUT2D eigenvalue weighted by Crippen LogP contribution is 2.40. The normalized spacial score (nSPS) is 16.9. The minimum atomic E-state index is 0.393. The van der Waals surface area contributed by atoms with Crippen LogP contribution in [0.3, 0.4) is 0 Å². The predicted octanol–water partition coefficient (Wildman–Crippen LogP) is 4.94. The lowest BCUT2D eigenvalue weighted by Gasteiger charge is -2.32. The fourth-order valence-corrected chi connectivity index (χ4v) is 5.26. The molecule has 0 bridgehead atoms. The van der Waals surface area contributed by atoms with Gasteiger partial charge in [-0.15, -0.1) is 11.3 Å². The van der Waals surface area contributed by atoms with Crippen molar-refractivity contribution in [2.24, 2.45) is 0 Å². The van der Waals surface area contributed by atoms with Crippen LogP contribution in [-0.2, 0) is 6.54 Å². The first-order valence-corrected chi connectivity index (χ1v) is 10.2. The van der Waals surface area contributed by atoms with Crippen LogP contribution in [0.1, 0.15) is 21.9 Å². The molecule has 0 aliphatic carbocycles. The van der Waals surface area contributed by atoms with Gasteiger partial charge in [-0.3, -0.25) is 0 Å². The molecule has 4 aromatic rings. The molecule has 1 unspecified atom stereocenters. The largest absolute Gasteiger partial charge is 0.479 e. The summed E-state index contributed by atoms with van der Waals surface area (Å²) in [5.41, 5.74) is 4.60. The Morgan fingerprint density at radius 2 is 1.93 bits per heavy atom. The molecule has 2 aromatic heterocycles. The highest BCUT2D eigenvalue weighted by Gasteiger charge is 2.27. The second kappa shape index (κ2) is 7.00. The van der Waals surface area contributed by atoms with Crippen LogP contribution >= 0.6 is 11.3 Å². The predicted molar refractivity (Wildman–Crippen MR) is 114 cm³/mol. The topological polar surface area (TPSA) is 38.3 Å². The molecule has 28 heavy (non-hydrogen) atoms. The number of ether oxygens (including phenoxy) is 1. The Labute approximate surface area is 168 Å². The number of thiophene rings is 1. The zero-order valence-electron chi connectivity index (χ0n) is 15.9. The fourth-order valence-electron chi connectivity index (χ4n) is 4.09. The smallest absolute Gasteiger partial charge is 0.240 e. The van der Waals surface area contributed by atoms with Gasteiger partial charge in [0, 0.05) is 46.5 Å². The van der Waals surface area contributed by atoms with Gasteiger partial charge >= 0.3 is 0 Å². The molecule has 3 heterocycles. The van der Waals surface area contributed by atoms with E-state index in [1.165, 1.54) is 26.1 Å². The van der Waals surface area contributed by atoms with E-state index < -0.39 is 0 Å². The van der Waals surface area contributed by atoms with Crippen molar-refractivity contribution in [2.45, 2.75) is 12.5 Å². The second-order valence-electron chi connectivity index (χ2n) is 7.26. The Hall–Kier alpha value is -2.76. The van der Waals surface area contributed by atoms with E-state index in [2.05, 4.69) is 70.4 Å². The van der Waals surface area contributed by atoms with Crippen molar-refractivity contribution in [1.29, 1.82) is 0 Å². The number of likely N-dealkylation sites (N-methyl/N-ethyl adjacent to an activating group) is 1. The van der Waals surface area contributed by atoms with Crippen molar-refractivity contribution in [3.05, 3.63) is 76.9 Å². The van der Waals surface area contributed by atoms with E-state index in [4.69, 9.17) is 4.74 Å². The standard InChI is InChI=1S/C23H21N3OS/c1-26-13-17-11-16(22-23(27-2)25-10-9-24-22)7-8-18(17)19(14-26)21-12-15-5-3-4-6-20(15)28-21/h3-12,19H,13-14H2,1-2H3. The number of benzene rings is 2. The Kier molecular flexibility index (Phi) is 4.34. The molecular formula is C23H21N3OS. The van der Waals surface area contributed by atoms with Crippen LogP contribution < -0.4 is 4.74 Å². The van der Waals surface area contributed by atoms with E-state index in [1.807, 2.05) is 11.3 Å². The van der Waals surface area contributed by atoms with Crippen molar-refractivity contribution >= 4 is 21.4 Å². The molecule has 0 spiro atoms. The SMILES string of the molecule is COc1nccnc1-c1ccc2c(c1)CN(C)CC2c1cc2ccccc2s1. The van der Waals surface area contributed by atoms with Gasteiger partial charge in [0.15, 0.2) is 0 Å². The average Bonchev–Trinajstić information content (AvgIpc) is 3.16. The number of aromatic nitrogens is 2. The molecule has 0 fully saturated rings. The van der Waals surface area contributed by atoms with Gasteiger partial charge in [0.25, 0.3) is 0 Å². The maximum atomic E-state index is 5.41. The van der Waals surface area contributed by atoms with E-state index in [0.717, 1.165) is 24.3 Å². The number of hydrogen-bond acceptors (Lipinski definition) is 5. The minimum Gasteiger partial charge on any atom is -0.479 e. The summed E-state index contributed by atoms with van der Waals surface area (Å²) < 4.78 is 6.76. The van der Waals surface area contributed by atoms with Crippen molar-refractivity contribution in [2.75, 3.05) is 20.7 Å². The maximum absolute atomic E-state index is 5.41. The molecule has 0 saturated heterocycles. The van der Waals surface area contributed by atoms with Crippen molar-refractivity contribution in [3.8, 4) is 17.1 Å². The zero-order valence-corrected chi connectivity index (χ0v) is 16.7. The molecule has 1 aliphatic rings.